The van der Waals surface area contributed by atoms with E-state index in [1.54, 1.807) is 6.33 Å². The molecule has 0 radical (unpaired) electrons. The van der Waals surface area contributed by atoms with E-state index >= 15 is 0 Å². The normalized spacial score (nSPS) is 33.3. The van der Waals surface area contributed by atoms with Crippen molar-refractivity contribution < 1.29 is 4.79 Å². The summed E-state index contributed by atoms with van der Waals surface area (Å²) in [5.41, 5.74) is 0. The van der Waals surface area contributed by atoms with Crippen LogP contribution >= 0.6 is 0 Å². The van der Waals surface area contributed by atoms with Crippen LogP contribution in [-0.4, -0.2) is 39.1 Å². The van der Waals surface area contributed by atoms with Crippen LogP contribution in [0.1, 0.15) is 56.7 Å². The van der Waals surface area contributed by atoms with Gasteiger partial charge in [-0.05, 0) is 56.8 Å². The number of aromatic amines is 1. The predicted molar refractivity (Wildman–Crippen MR) is 78.5 cm³/mol. The zero-order valence-corrected chi connectivity index (χ0v) is 12.5. The molecule has 2 aliphatic carbocycles. The van der Waals surface area contributed by atoms with Gasteiger partial charge >= 0.3 is 0 Å². The summed E-state index contributed by atoms with van der Waals surface area (Å²) in [5, 5.41) is 6.90. The smallest absolute Gasteiger partial charge is 0.225 e. The molecule has 5 heteroatoms. The predicted octanol–water partition coefficient (Wildman–Crippen LogP) is 2.34. The zero-order chi connectivity index (χ0) is 14.2. The second kappa shape index (κ2) is 5.43. The fraction of sp³-hybridized carbons (Fsp3) is 0.812. The van der Waals surface area contributed by atoms with Crippen LogP contribution in [0, 0.1) is 17.8 Å². The lowest BCUT2D eigenvalue weighted by molar-refractivity contribution is -0.137. The minimum Gasteiger partial charge on any atom is -0.342 e. The summed E-state index contributed by atoms with van der Waals surface area (Å²) in [5.74, 6) is 4.07. The summed E-state index contributed by atoms with van der Waals surface area (Å²) in [6, 6.07) is 0. The first-order valence-electron chi connectivity index (χ1n) is 8.45. The molecule has 3 aliphatic rings. The molecule has 5 nitrogen and oxygen atoms in total. The molecule has 1 unspecified atom stereocenters. The second-order valence-corrected chi connectivity index (χ2v) is 7.08. The maximum absolute atomic E-state index is 12.7. The topological polar surface area (TPSA) is 61.9 Å². The van der Waals surface area contributed by atoms with Gasteiger partial charge in [0.05, 0.1) is 0 Å². The molecular weight excluding hydrogens is 264 g/mol. The molecule has 1 saturated heterocycles. The van der Waals surface area contributed by atoms with Crippen LogP contribution < -0.4 is 0 Å². The largest absolute Gasteiger partial charge is 0.342 e. The Labute approximate surface area is 125 Å². The van der Waals surface area contributed by atoms with Gasteiger partial charge < -0.3 is 4.90 Å². The number of hydrogen-bond donors (Lipinski definition) is 1. The highest BCUT2D eigenvalue weighted by Gasteiger charge is 2.41. The molecule has 2 saturated carbocycles. The van der Waals surface area contributed by atoms with Crippen molar-refractivity contribution in [2.45, 2.75) is 50.9 Å². The van der Waals surface area contributed by atoms with Crippen molar-refractivity contribution in [2.24, 2.45) is 17.8 Å². The number of amides is 1. The van der Waals surface area contributed by atoms with E-state index in [1.807, 2.05) is 0 Å². The number of nitrogens with zero attached hydrogens (tertiary/aromatic N) is 3. The van der Waals surface area contributed by atoms with Crippen LogP contribution in [0.25, 0.3) is 0 Å². The van der Waals surface area contributed by atoms with E-state index < -0.39 is 0 Å². The lowest BCUT2D eigenvalue weighted by Gasteiger charge is -2.33. The number of likely N-dealkylation sites (tertiary alicyclic amines) is 1. The van der Waals surface area contributed by atoms with Crippen molar-refractivity contribution in [2.75, 3.05) is 13.1 Å². The van der Waals surface area contributed by atoms with Crippen molar-refractivity contribution in [1.82, 2.24) is 20.1 Å². The van der Waals surface area contributed by atoms with Crippen molar-refractivity contribution in [3.8, 4) is 0 Å². The average molecular weight is 288 g/mol. The van der Waals surface area contributed by atoms with Crippen LogP contribution in [0.15, 0.2) is 6.33 Å². The SMILES string of the molecule is O=C(C1CC[C@@H]2C[C@@H]2CC1)N1CCC(c2ncn[nH]2)CC1. The third-order valence-corrected chi connectivity index (χ3v) is 5.82. The molecule has 1 N–H and O–H groups in total. The van der Waals surface area contributed by atoms with Crippen molar-refractivity contribution in [3.63, 3.8) is 0 Å². The number of carbonyl (C=O) groups excluding carboxylic acids is 1. The van der Waals surface area contributed by atoms with E-state index in [9.17, 15) is 4.79 Å². The van der Waals surface area contributed by atoms with Gasteiger partial charge in [0.25, 0.3) is 0 Å². The summed E-state index contributed by atoms with van der Waals surface area (Å²) in [4.78, 5) is 19.1. The maximum Gasteiger partial charge on any atom is 0.225 e. The van der Waals surface area contributed by atoms with Gasteiger partial charge in [0.1, 0.15) is 12.2 Å². The van der Waals surface area contributed by atoms with Gasteiger partial charge in [-0.2, -0.15) is 5.10 Å². The number of piperidine rings is 1. The minimum atomic E-state index is 0.305. The van der Waals surface area contributed by atoms with Gasteiger partial charge in [-0.3, -0.25) is 9.89 Å². The number of H-pyrrole nitrogens is 1. The third kappa shape index (κ3) is 2.70. The number of nitrogens with one attached hydrogen (secondary N) is 1. The van der Waals surface area contributed by atoms with Gasteiger partial charge in [-0.25, -0.2) is 4.98 Å². The Morgan fingerprint density at radius 1 is 1.10 bits per heavy atom. The van der Waals surface area contributed by atoms with Crippen LogP contribution in [0.3, 0.4) is 0 Å². The van der Waals surface area contributed by atoms with Crippen LogP contribution in [0.4, 0.5) is 0 Å². The quantitative estimate of drug-likeness (QED) is 0.908. The molecule has 1 aromatic rings. The Morgan fingerprint density at radius 2 is 1.81 bits per heavy atom. The lowest BCUT2D eigenvalue weighted by atomic mass is 9.92. The van der Waals surface area contributed by atoms with Gasteiger partial charge in [0.15, 0.2) is 0 Å². The Balaban J connectivity index is 1.32. The Kier molecular flexibility index (Phi) is 3.43. The van der Waals surface area contributed by atoms with E-state index in [0.29, 0.717) is 17.7 Å². The van der Waals surface area contributed by atoms with Crippen molar-refractivity contribution in [3.05, 3.63) is 12.2 Å². The van der Waals surface area contributed by atoms with Gasteiger partial charge in [-0.1, -0.05) is 0 Å². The van der Waals surface area contributed by atoms with Gasteiger partial charge in [-0.15, -0.1) is 0 Å². The first kappa shape index (κ1) is 13.3. The highest BCUT2D eigenvalue weighted by molar-refractivity contribution is 5.79. The monoisotopic (exact) mass is 288 g/mol. The summed E-state index contributed by atoms with van der Waals surface area (Å²) in [6.45, 7) is 1.76. The number of aromatic nitrogens is 3. The first-order valence-corrected chi connectivity index (χ1v) is 8.45. The minimum absolute atomic E-state index is 0.305. The highest BCUT2D eigenvalue weighted by atomic mass is 16.2. The second-order valence-electron chi connectivity index (χ2n) is 7.08. The van der Waals surface area contributed by atoms with Crippen LogP contribution in [0.2, 0.25) is 0 Å². The first-order chi connectivity index (χ1) is 10.3. The number of hydrogen-bond acceptors (Lipinski definition) is 3. The Bertz CT molecular complexity index is 480. The maximum atomic E-state index is 12.7. The lowest BCUT2D eigenvalue weighted by Crippen LogP contribution is -2.41. The van der Waals surface area contributed by atoms with E-state index in [1.165, 1.54) is 19.3 Å². The number of carbonyl (C=O) groups is 1. The molecule has 3 atom stereocenters. The standard InChI is InChI=1S/C16H24N4O/c21-16(12-1-3-13-9-14(13)4-2-12)20-7-5-11(6-8-20)15-17-10-18-19-15/h10-14H,1-9H2,(H,17,18,19)/t12?,13-,14+. The van der Waals surface area contributed by atoms with Crippen LogP contribution in [-0.2, 0) is 4.79 Å². The summed E-state index contributed by atoms with van der Waals surface area (Å²) < 4.78 is 0. The molecule has 0 aromatic carbocycles. The van der Waals surface area contributed by atoms with E-state index in [0.717, 1.165) is 56.4 Å². The van der Waals surface area contributed by atoms with Crippen molar-refractivity contribution in [1.29, 1.82) is 0 Å². The van der Waals surface area contributed by atoms with Crippen molar-refractivity contribution >= 4 is 5.91 Å². The average Bonchev–Trinajstić information content (AvgIpc) is 3.09. The molecule has 0 bridgehead atoms. The fourth-order valence-electron chi connectivity index (χ4n) is 4.28. The number of rotatable bonds is 2. The molecule has 0 spiro atoms. The molecule has 3 fully saturated rings. The molecule has 114 valence electrons. The molecule has 4 rings (SSSR count). The van der Waals surface area contributed by atoms with Gasteiger partial charge in [0, 0.05) is 24.9 Å². The Morgan fingerprint density at radius 3 is 2.43 bits per heavy atom. The Hall–Kier alpha value is -1.39. The summed E-state index contributed by atoms with van der Waals surface area (Å²) in [6.07, 6.45) is 9.86. The fourth-order valence-corrected chi connectivity index (χ4v) is 4.28. The molecule has 1 aromatic heterocycles. The van der Waals surface area contributed by atoms with E-state index in [-0.39, 0.29) is 0 Å². The number of fused-ring (bicyclic) bond motifs is 1. The molecule has 2 heterocycles. The van der Waals surface area contributed by atoms with Crippen LogP contribution in [0.5, 0.6) is 0 Å². The van der Waals surface area contributed by atoms with Gasteiger partial charge in [0.2, 0.25) is 5.91 Å². The van der Waals surface area contributed by atoms with E-state index in [4.69, 9.17) is 0 Å². The highest BCUT2D eigenvalue weighted by Crippen LogP contribution is 2.49. The summed E-state index contributed by atoms with van der Waals surface area (Å²) >= 11 is 0. The molecule has 1 amide bonds. The summed E-state index contributed by atoms with van der Waals surface area (Å²) in [7, 11) is 0. The van der Waals surface area contributed by atoms with E-state index in [2.05, 4.69) is 20.1 Å². The molecule has 1 aliphatic heterocycles. The zero-order valence-electron chi connectivity index (χ0n) is 12.5. The molecule has 21 heavy (non-hydrogen) atoms. The molecular formula is C16H24N4O. The third-order valence-electron chi connectivity index (χ3n) is 5.82.